The summed E-state index contributed by atoms with van der Waals surface area (Å²) in [5, 5.41) is 3.64. The molecule has 2 aromatic rings. The van der Waals surface area contributed by atoms with E-state index in [0.29, 0.717) is 17.7 Å². The fraction of sp³-hybridized carbons (Fsp3) is 0.381. The van der Waals surface area contributed by atoms with Crippen LogP contribution in [0.15, 0.2) is 36.4 Å². The molecule has 0 spiro atoms. The van der Waals surface area contributed by atoms with Gasteiger partial charge >= 0.3 is 0 Å². The van der Waals surface area contributed by atoms with Crippen molar-refractivity contribution >= 4 is 23.1 Å². The number of ether oxygens (including phenoxy) is 2. The number of thiocarbonyl (C=S) groups is 1. The van der Waals surface area contributed by atoms with Gasteiger partial charge in [0.1, 0.15) is 12.4 Å². The topological polar surface area (TPSA) is 30.5 Å². The van der Waals surface area contributed by atoms with E-state index in [1.54, 1.807) is 7.11 Å². The molecule has 3 nitrogen and oxygen atoms in total. The molecule has 1 aliphatic carbocycles. The number of nitrogens with one attached hydrogen (secondary N) is 1. The average Bonchev–Trinajstić information content (AvgIpc) is 3.46. The third-order valence-electron chi connectivity index (χ3n) is 4.64. The summed E-state index contributed by atoms with van der Waals surface area (Å²) in [5.41, 5.74) is 5.94. The number of rotatable bonds is 6. The van der Waals surface area contributed by atoms with Crippen molar-refractivity contribution < 1.29 is 9.47 Å². The highest BCUT2D eigenvalue weighted by molar-refractivity contribution is 7.80. The number of benzene rings is 2. The van der Waals surface area contributed by atoms with E-state index in [9.17, 15) is 0 Å². The van der Waals surface area contributed by atoms with Crippen molar-refractivity contribution in [3.8, 4) is 5.75 Å². The highest BCUT2D eigenvalue weighted by Crippen LogP contribution is 2.44. The maximum Gasteiger partial charge on any atom is 0.260 e. The monoisotopic (exact) mass is 355 g/mol. The molecule has 0 saturated heterocycles. The van der Waals surface area contributed by atoms with Crippen LogP contribution in [-0.4, -0.2) is 12.3 Å². The van der Waals surface area contributed by atoms with Crippen LogP contribution in [0, 0.1) is 6.92 Å². The van der Waals surface area contributed by atoms with Gasteiger partial charge in [-0.25, -0.2) is 0 Å². The third-order valence-corrected chi connectivity index (χ3v) is 4.91. The van der Waals surface area contributed by atoms with Gasteiger partial charge in [-0.05, 0) is 67.1 Å². The average molecular weight is 356 g/mol. The number of anilines is 1. The van der Waals surface area contributed by atoms with Gasteiger partial charge in [0, 0.05) is 5.56 Å². The van der Waals surface area contributed by atoms with Gasteiger partial charge in [-0.3, -0.25) is 0 Å². The van der Waals surface area contributed by atoms with Gasteiger partial charge in [-0.15, -0.1) is 0 Å². The van der Waals surface area contributed by atoms with Crippen LogP contribution in [0.2, 0.25) is 0 Å². The molecule has 0 radical (unpaired) electrons. The minimum atomic E-state index is 0.387. The van der Waals surface area contributed by atoms with Gasteiger partial charge in [0.15, 0.2) is 0 Å². The van der Waals surface area contributed by atoms with Gasteiger partial charge < -0.3 is 14.8 Å². The molecule has 1 N–H and O–H groups in total. The lowest BCUT2D eigenvalue weighted by Gasteiger charge is -2.17. The lowest BCUT2D eigenvalue weighted by atomic mass is 10.0. The lowest BCUT2D eigenvalue weighted by molar-refractivity contribution is 0.304. The van der Waals surface area contributed by atoms with Gasteiger partial charge in [-0.2, -0.15) is 0 Å². The minimum absolute atomic E-state index is 0.387. The van der Waals surface area contributed by atoms with Crippen LogP contribution in [0.1, 0.15) is 47.9 Å². The molecular formula is C21H25NO2S. The van der Waals surface area contributed by atoms with E-state index in [1.807, 2.05) is 0 Å². The van der Waals surface area contributed by atoms with Crippen LogP contribution in [0.25, 0.3) is 0 Å². The van der Waals surface area contributed by atoms with E-state index in [2.05, 4.69) is 55.6 Å². The van der Waals surface area contributed by atoms with E-state index in [4.69, 9.17) is 21.7 Å². The quantitative estimate of drug-likeness (QED) is 0.707. The minimum Gasteiger partial charge on any atom is -0.489 e. The van der Waals surface area contributed by atoms with Crippen molar-refractivity contribution in [3.63, 3.8) is 0 Å². The first kappa shape index (κ1) is 17.7. The van der Waals surface area contributed by atoms with Crippen molar-refractivity contribution in [2.24, 2.45) is 0 Å². The van der Waals surface area contributed by atoms with Gasteiger partial charge in [0.05, 0.1) is 12.8 Å². The summed E-state index contributed by atoms with van der Waals surface area (Å²) in [6.45, 7) is 4.76. The maximum atomic E-state index is 6.11. The Hall–Kier alpha value is -2.07. The van der Waals surface area contributed by atoms with Gasteiger partial charge in [0.2, 0.25) is 0 Å². The number of hydrogen-bond donors (Lipinski definition) is 1. The first-order chi connectivity index (χ1) is 12.1. The first-order valence-corrected chi connectivity index (χ1v) is 9.22. The molecule has 1 fully saturated rings. The molecule has 0 amide bonds. The summed E-state index contributed by atoms with van der Waals surface area (Å²) < 4.78 is 11.3. The Morgan fingerprint density at radius 1 is 1.24 bits per heavy atom. The molecule has 1 aliphatic rings. The Balaban J connectivity index is 1.81. The molecule has 0 aromatic heterocycles. The fourth-order valence-electron chi connectivity index (χ4n) is 3.03. The molecule has 0 heterocycles. The second kappa shape index (κ2) is 7.87. The summed E-state index contributed by atoms with van der Waals surface area (Å²) >= 11 is 5.22. The molecular weight excluding hydrogens is 330 g/mol. The summed E-state index contributed by atoms with van der Waals surface area (Å²) in [5.74, 6) is 1.54. The summed E-state index contributed by atoms with van der Waals surface area (Å²) in [6.07, 6.45) is 3.50. The number of aryl methyl sites for hydroxylation is 2. The first-order valence-electron chi connectivity index (χ1n) is 8.81. The van der Waals surface area contributed by atoms with Crippen LogP contribution >= 0.6 is 12.2 Å². The van der Waals surface area contributed by atoms with E-state index in [-0.39, 0.29) is 0 Å². The number of hydrogen-bond acceptors (Lipinski definition) is 3. The van der Waals surface area contributed by atoms with Crippen LogP contribution in [0.4, 0.5) is 5.69 Å². The molecule has 4 heteroatoms. The normalized spacial score (nSPS) is 13.4. The standard InChI is InChI=1S/C21H25NO2S/c1-4-15-8-11-19(14(2)12-15)24-13-17-6-5-7-18(16-9-10-16)20(17)22-21(25)23-3/h5-8,11-12,16H,4,9-10,13H2,1-3H3,(H,22,25). The predicted molar refractivity (Wildman–Crippen MR) is 107 cm³/mol. The maximum absolute atomic E-state index is 6.11. The molecule has 3 rings (SSSR count). The van der Waals surface area contributed by atoms with Gasteiger partial charge in [0.25, 0.3) is 5.17 Å². The SMILES string of the molecule is CCc1ccc(OCc2cccc(C3CC3)c2NC(=S)OC)c(C)c1. The molecule has 1 saturated carbocycles. The largest absolute Gasteiger partial charge is 0.489 e. The molecule has 25 heavy (non-hydrogen) atoms. The van der Waals surface area contributed by atoms with Crippen LogP contribution in [0.3, 0.4) is 0 Å². The number of methoxy groups -OCH3 is 1. The second-order valence-electron chi connectivity index (χ2n) is 6.51. The molecule has 0 atom stereocenters. The van der Waals surface area contributed by atoms with Gasteiger partial charge in [-0.1, -0.05) is 37.3 Å². The number of para-hydroxylation sites is 1. The Kier molecular flexibility index (Phi) is 5.59. The smallest absolute Gasteiger partial charge is 0.260 e. The van der Waals surface area contributed by atoms with E-state index >= 15 is 0 Å². The summed E-state index contributed by atoms with van der Waals surface area (Å²) in [4.78, 5) is 0. The van der Waals surface area contributed by atoms with Crippen LogP contribution < -0.4 is 10.1 Å². The molecule has 132 valence electrons. The van der Waals surface area contributed by atoms with Crippen molar-refractivity contribution in [1.82, 2.24) is 0 Å². The van der Waals surface area contributed by atoms with Crippen molar-refractivity contribution in [2.75, 3.05) is 12.4 Å². The Morgan fingerprint density at radius 2 is 2.04 bits per heavy atom. The van der Waals surface area contributed by atoms with E-state index < -0.39 is 0 Å². The Morgan fingerprint density at radius 3 is 2.68 bits per heavy atom. The molecule has 2 aromatic carbocycles. The fourth-order valence-corrected chi connectivity index (χ4v) is 3.13. The summed E-state index contributed by atoms with van der Waals surface area (Å²) in [6, 6.07) is 12.7. The third kappa shape index (κ3) is 4.31. The highest BCUT2D eigenvalue weighted by atomic mass is 32.1. The van der Waals surface area contributed by atoms with Crippen LogP contribution in [-0.2, 0) is 17.8 Å². The highest BCUT2D eigenvalue weighted by Gasteiger charge is 2.27. The van der Waals surface area contributed by atoms with E-state index in [1.165, 1.54) is 29.5 Å². The molecule has 0 bridgehead atoms. The van der Waals surface area contributed by atoms with Crippen molar-refractivity contribution in [1.29, 1.82) is 0 Å². The molecule has 0 aliphatic heterocycles. The van der Waals surface area contributed by atoms with Crippen molar-refractivity contribution in [2.45, 2.75) is 45.6 Å². The van der Waals surface area contributed by atoms with E-state index in [0.717, 1.165) is 23.4 Å². The predicted octanol–water partition coefficient (Wildman–Crippen LogP) is 5.36. The zero-order valence-corrected chi connectivity index (χ0v) is 15.9. The lowest BCUT2D eigenvalue weighted by Crippen LogP contribution is -2.14. The zero-order valence-electron chi connectivity index (χ0n) is 15.1. The second-order valence-corrected chi connectivity index (χ2v) is 6.89. The van der Waals surface area contributed by atoms with Crippen LogP contribution in [0.5, 0.6) is 5.75 Å². The Bertz CT molecular complexity index is 768. The zero-order chi connectivity index (χ0) is 17.8. The van der Waals surface area contributed by atoms with Crippen molar-refractivity contribution in [3.05, 3.63) is 58.7 Å². The summed E-state index contributed by atoms with van der Waals surface area (Å²) in [7, 11) is 1.59. The Labute approximate surface area is 155 Å². The molecule has 0 unspecified atom stereocenters.